The fourth-order valence-corrected chi connectivity index (χ4v) is 5.65. The van der Waals surface area contributed by atoms with E-state index in [4.69, 9.17) is 9.47 Å². The number of hydrogen-bond acceptors (Lipinski definition) is 7. The zero-order valence-electron chi connectivity index (χ0n) is 21.2. The van der Waals surface area contributed by atoms with Crippen LogP contribution in [0.3, 0.4) is 0 Å². The number of fused-ring (bicyclic) bond motifs is 2. The lowest BCUT2D eigenvalue weighted by Crippen LogP contribution is -2.34. The Bertz CT molecular complexity index is 1450. The number of benzene rings is 2. The molecule has 1 atom stereocenters. The van der Waals surface area contributed by atoms with E-state index < -0.39 is 0 Å². The molecule has 0 radical (unpaired) electrons. The first-order valence-electron chi connectivity index (χ1n) is 12.3. The summed E-state index contributed by atoms with van der Waals surface area (Å²) in [5.41, 5.74) is 1.34. The maximum absolute atomic E-state index is 13.2. The van der Waals surface area contributed by atoms with Crippen molar-refractivity contribution in [2.45, 2.75) is 12.5 Å². The van der Waals surface area contributed by atoms with E-state index in [0.29, 0.717) is 41.1 Å². The maximum Gasteiger partial charge on any atom is 0.264 e. The Balaban J connectivity index is 1.37. The van der Waals surface area contributed by atoms with E-state index in [0.717, 1.165) is 40.5 Å². The minimum absolute atomic E-state index is 0.0420. The largest absolute Gasteiger partial charge is 0.456 e. The van der Waals surface area contributed by atoms with Crippen molar-refractivity contribution < 1.29 is 19.1 Å². The second kappa shape index (κ2) is 10.8. The molecule has 1 aliphatic rings. The highest BCUT2D eigenvalue weighted by Gasteiger charge is 2.29. The van der Waals surface area contributed by atoms with Crippen LogP contribution in [0, 0.1) is 0 Å². The van der Waals surface area contributed by atoms with Gasteiger partial charge in [0.15, 0.2) is 0 Å². The van der Waals surface area contributed by atoms with E-state index in [1.165, 1.54) is 11.3 Å². The highest BCUT2D eigenvalue weighted by atomic mass is 32.1. The van der Waals surface area contributed by atoms with Gasteiger partial charge in [0.05, 0.1) is 21.7 Å². The van der Waals surface area contributed by atoms with E-state index >= 15 is 0 Å². The molecule has 4 aromatic rings. The summed E-state index contributed by atoms with van der Waals surface area (Å²) in [6.45, 7) is 2.40. The van der Waals surface area contributed by atoms with Crippen molar-refractivity contribution in [3.63, 3.8) is 0 Å². The molecule has 5 rings (SSSR count). The number of rotatable bonds is 8. The van der Waals surface area contributed by atoms with Gasteiger partial charge in [-0.1, -0.05) is 12.1 Å². The molecule has 0 spiro atoms. The number of thiophene rings is 1. The van der Waals surface area contributed by atoms with E-state index in [1.807, 2.05) is 53.4 Å². The zero-order valence-corrected chi connectivity index (χ0v) is 22.0. The van der Waals surface area contributed by atoms with Crippen LogP contribution in [-0.2, 0) is 4.74 Å². The summed E-state index contributed by atoms with van der Waals surface area (Å²) in [5, 5.41) is 4.61. The highest BCUT2D eigenvalue weighted by molar-refractivity contribution is 7.21. The molecule has 1 fully saturated rings. The van der Waals surface area contributed by atoms with Gasteiger partial charge in [-0.3, -0.25) is 14.6 Å². The highest BCUT2D eigenvalue weighted by Crippen LogP contribution is 2.36. The Morgan fingerprint density at radius 1 is 1.19 bits per heavy atom. The van der Waals surface area contributed by atoms with Gasteiger partial charge < -0.3 is 24.6 Å². The van der Waals surface area contributed by atoms with Gasteiger partial charge in [0.2, 0.25) is 0 Å². The third-order valence-corrected chi connectivity index (χ3v) is 7.81. The SMILES string of the molecule is COCCNC(=O)c1cccc2cc(Oc3ccnc4cc(C(=O)N5CCC(N(C)C)C5)sc34)ccc12. The molecule has 2 amide bonds. The number of nitrogens with one attached hydrogen (secondary N) is 1. The Kier molecular flexibility index (Phi) is 7.36. The second-order valence-corrected chi connectivity index (χ2v) is 10.4. The van der Waals surface area contributed by atoms with Gasteiger partial charge in [-0.15, -0.1) is 11.3 Å². The van der Waals surface area contributed by atoms with Gasteiger partial charge in [0, 0.05) is 50.6 Å². The first kappa shape index (κ1) is 25.1. The minimum Gasteiger partial charge on any atom is -0.456 e. The van der Waals surface area contributed by atoms with E-state index in [2.05, 4.69) is 29.3 Å². The second-order valence-electron chi connectivity index (χ2n) is 9.33. The molecule has 9 heteroatoms. The van der Waals surface area contributed by atoms with Crippen LogP contribution in [0.5, 0.6) is 11.5 Å². The molecule has 1 saturated heterocycles. The molecule has 37 heavy (non-hydrogen) atoms. The van der Waals surface area contributed by atoms with Crippen LogP contribution >= 0.6 is 11.3 Å². The Hall–Kier alpha value is -3.53. The first-order valence-corrected chi connectivity index (χ1v) is 13.1. The van der Waals surface area contributed by atoms with Gasteiger partial charge in [0.25, 0.3) is 11.8 Å². The molecule has 2 aromatic carbocycles. The molecule has 3 heterocycles. The number of aromatic nitrogens is 1. The number of pyridine rings is 1. The number of amides is 2. The van der Waals surface area contributed by atoms with Crippen LogP contribution in [0.15, 0.2) is 54.7 Å². The molecule has 0 saturated carbocycles. The molecule has 1 N–H and O–H groups in total. The third-order valence-electron chi connectivity index (χ3n) is 6.68. The van der Waals surface area contributed by atoms with Crippen molar-refractivity contribution >= 4 is 44.1 Å². The van der Waals surface area contributed by atoms with Crippen molar-refractivity contribution in [3.8, 4) is 11.5 Å². The number of carbonyl (C=O) groups is 2. The number of likely N-dealkylation sites (N-methyl/N-ethyl adjacent to an activating group) is 1. The average Bonchev–Trinajstić information content (AvgIpc) is 3.56. The van der Waals surface area contributed by atoms with Crippen molar-refractivity contribution in [1.82, 2.24) is 20.1 Å². The Morgan fingerprint density at radius 3 is 2.84 bits per heavy atom. The zero-order chi connectivity index (χ0) is 25.9. The Labute approximate surface area is 219 Å². The van der Waals surface area contributed by atoms with Gasteiger partial charge in [-0.2, -0.15) is 0 Å². The predicted octanol–water partition coefficient (Wildman–Crippen LogP) is 4.39. The summed E-state index contributed by atoms with van der Waals surface area (Å²) in [7, 11) is 5.71. The molecule has 1 aliphatic heterocycles. The molecule has 8 nitrogen and oxygen atoms in total. The summed E-state index contributed by atoms with van der Waals surface area (Å²) in [6.07, 6.45) is 2.68. The lowest BCUT2D eigenvalue weighted by molar-refractivity contribution is 0.0787. The number of likely N-dealkylation sites (tertiary alicyclic amines) is 1. The number of hydrogen-bond donors (Lipinski definition) is 1. The van der Waals surface area contributed by atoms with Crippen LogP contribution < -0.4 is 10.1 Å². The number of carbonyl (C=O) groups excluding carboxylic acids is 2. The van der Waals surface area contributed by atoms with E-state index in [9.17, 15) is 9.59 Å². The molecule has 2 aromatic heterocycles. The molecular weight excluding hydrogens is 488 g/mol. The van der Waals surface area contributed by atoms with Crippen LogP contribution in [0.2, 0.25) is 0 Å². The number of nitrogens with zero attached hydrogens (tertiary/aromatic N) is 3. The van der Waals surface area contributed by atoms with Crippen molar-refractivity contribution in [1.29, 1.82) is 0 Å². The van der Waals surface area contributed by atoms with Crippen LogP contribution in [0.1, 0.15) is 26.5 Å². The first-order chi connectivity index (χ1) is 17.9. The average molecular weight is 519 g/mol. The standard InChI is InChI=1S/C28H30N4O4S/c1-31(2)19-10-13-32(17-19)28(34)25-16-23-26(37-25)24(9-11-29-23)36-20-7-8-21-18(15-20)5-4-6-22(21)27(33)30-12-14-35-3/h4-9,11,15-16,19H,10,12-14,17H2,1-3H3,(H,30,33). The minimum atomic E-state index is -0.141. The van der Waals surface area contributed by atoms with Crippen molar-refractivity contribution in [2.75, 3.05) is 47.4 Å². The molecule has 1 unspecified atom stereocenters. The quantitative estimate of drug-likeness (QED) is 0.348. The fraction of sp³-hybridized carbons (Fsp3) is 0.321. The number of ether oxygens (including phenoxy) is 2. The van der Waals surface area contributed by atoms with Gasteiger partial charge in [-0.05, 0) is 61.6 Å². The predicted molar refractivity (Wildman–Crippen MR) is 146 cm³/mol. The topological polar surface area (TPSA) is 84.0 Å². The summed E-state index contributed by atoms with van der Waals surface area (Å²) in [4.78, 5) is 35.0. The summed E-state index contributed by atoms with van der Waals surface area (Å²) >= 11 is 1.41. The normalized spacial score (nSPS) is 15.6. The molecular formula is C28H30N4O4S. The van der Waals surface area contributed by atoms with Crippen LogP contribution in [-0.4, -0.2) is 80.1 Å². The maximum atomic E-state index is 13.2. The summed E-state index contributed by atoms with van der Waals surface area (Å²) < 4.78 is 12.1. The Morgan fingerprint density at radius 2 is 2.05 bits per heavy atom. The van der Waals surface area contributed by atoms with E-state index in [1.54, 1.807) is 13.3 Å². The van der Waals surface area contributed by atoms with Crippen LogP contribution in [0.4, 0.5) is 0 Å². The summed E-state index contributed by atoms with van der Waals surface area (Å²) in [5.74, 6) is 1.19. The van der Waals surface area contributed by atoms with Crippen LogP contribution in [0.25, 0.3) is 21.0 Å². The van der Waals surface area contributed by atoms with Gasteiger partial charge in [0.1, 0.15) is 11.5 Å². The lowest BCUT2D eigenvalue weighted by atomic mass is 10.0. The van der Waals surface area contributed by atoms with Crippen molar-refractivity contribution in [2.24, 2.45) is 0 Å². The molecule has 0 bridgehead atoms. The fourth-order valence-electron chi connectivity index (χ4n) is 4.62. The number of methoxy groups -OCH3 is 1. The van der Waals surface area contributed by atoms with Gasteiger partial charge >= 0.3 is 0 Å². The molecule has 0 aliphatic carbocycles. The van der Waals surface area contributed by atoms with E-state index in [-0.39, 0.29) is 11.8 Å². The molecule has 192 valence electrons. The van der Waals surface area contributed by atoms with Gasteiger partial charge in [-0.25, -0.2) is 0 Å². The van der Waals surface area contributed by atoms with Crippen molar-refractivity contribution in [3.05, 3.63) is 65.2 Å². The summed E-state index contributed by atoms with van der Waals surface area (Å²) in [6, 6.07) is 15.3. The third kappa shape index (κ3) is 5.29. The lowest BCUT2D eigenvalue weighted by Gasteiger charge is -2.19. The smallest absolute Gasteiger partial charge is 0.264 e. The monoisotopic (exact) mass is 518 g/mol.